The number of halogens is 3. The Bertz CT molecular complexity index is 661. The SMILES string of the molecule is C[C@@](O)(CNC(=O)CCc1ccc(C(F)(F)F)cc1)c1ccco1. The summed E-state index contributed by atoms with van der Waals surface area (Å²) in [6, 6.07) is 7.94. The highest BCUT2D eigenvalue weighted by Crippen LogP contribution is 2.29. The molecule has 2 N–H and O–H groups in total. The number of carbonyl (C=O) groups excluding carboxylic acids is 1. The monoisotopic (exact) mass is 341 g/mol. The molecule has 7 heteroatoms. The second-order valence-electron chi connectivity index (χ2n) is 5.72. The van der Waals surface area contributed by atoms with Gasteiger partial charge in [0, 0.05) is 6.42 Å². The summed E-state index contributed by atoms with van der Waals surface area (Å²) in [6.45, 7) is 1.49. The van der Waals surface area contributed by atoms with Crippen LogP contribution in [0.15, 0.2) is 47.1 Å². The van der Waals surface area contributed by atoms with Gasteiger partial charge in [-0.2, -0.15) is 13.2 Å². The van der Waals surface area contributed by atoms with E-state index in [4.69, 9.17) is 4.42 Å². The summed E-state index contributed by atoms with van der Waals surface area (Å²) >= 11 is 0. The van der Waals surface area contributed by atoms with Crippen LogP contribution in [0.4, 0.5) is 13.2 Å². The van der Waals surface area contributed by atoms with Crippen LogP contribution in [-0.2, 0) is 23.0 Å². The molecule has 1 heterocycles. The van der Waals surface area contributed by atoms with Gasteiger partial charge < -0.3 is 14.8 Å². The molecule has 0 aliphatic rings. The van der Waals surface area contributed by atoms with Crippen molar-refractivity contribution in [1.29, 1.82) is 0 Å². The first-order valence-electron chi connectivity index (χ1n) is 7.38. The molecule has 0 aliphatic carbocycles. The normalized spacial score (nSPS) is 14.2. The predicted molar refractivity (Wildman–Crippen MR) is 81.1 cm³/mol. The van der Waals surface area contributed by atoms with E-state index in [-0.39, 0.29) is 18.9 Å². The Labute approximate surface area is 137 Å². The second kappa shape index (κ2) is 7.09. The van der Waals surface area contributed by atoms with E-state index in [0.29, 0.717) is 17.7 Å². The van der Waals surface area contributed by atoms with Crippen molar-refractivity contribution in [2.45, 2.75) is 31.5 Å². The largest absolute Gasteiger partial charge is 0.466 e. The molecule has 0 saturated heterocycles. The van der Waals surface area contributed by atoms with Crippen LogP contribution in [0.5, 0.6) is 0 Å². The molecule has 1 amide bonds. The summed E-state index contributed by atoms with van der Waals surface area (Å²) in [6.07, 6.45) is -2.52. The Kier molecular flexibility index (Phi) is 5.33. The molecule has 1 aromatic carbocycles. The number of hydrogen-bond acceptors (Lipinski definition) is 3. The van der Waals surface area contributed by atoms with Gasteiger partial charge in [-0.15, -0.1) is 0 Å². The van der Waals surface area contributed by atoms with Crippen molar-refractivity contribution < 1.29 is 27.5 Å². The molecule has 0 fully saturated rings. The number of aryl methyl sites for hydroxylation is 1. The maximum absolute atomic E-state index is 12.5. The van der Waals surface area contributed by atoms with Gasteiger partial charge in [0.05, 0.1) is 18.4 Å². The Morgan fingerprint density at radius 2 is 1.88 bits per heavy atom. The first-order valence-corrected chi connectivity index (χ1v) is 7.38. The third-order valence-electron chi connectivity index (χ3n) is 3.60. The fourth-order valence-electron chi connectivity index (χ4n) is 2.15. The molecule has 0 spiro atoms. The lowest BCUT2D eigenvalue weighted by Gasteiger charge is -2.21. The number of nitrogens with one attached hydrogen (secondary N) is 1. The van der Waals surface area contributed by atoms with Crippen LogP contribution in [0.2, 0.25) is 0 Å². The zero-order valence-electron chi connectivity index (χ0n) is 13.1. The highest BCUT2D eigenvalue weighted by Gasteiger charge is 2.30. The smallest absolute Gasteiger partial charge is 0.416 e. The molecular formula is C17H18F3NO3. The minimum absolute atomic E-state index is 0.0215. The van der Waals surface area contributed by atoms with Gasteiger partial charge in [0.1, 0.15) is 11.4 Å². The maximum Gasteiger partial charge on any atom is 0.416 e. The first-order chi connectivity index (χ1) is 11.2. The summed E-state index contributed by atoms with van der Waals surface area (Å²) in [5.74, 6) is 0.0345. The van der Waals surface area contributed by atoms with Crippen molar-refractivity contribution in [2.24, 2.45) is 0 Å². The van der Waals surface area contributed by atoms with Gasteiger partial charge in [-0.3, -0.25) is 4.79 Å². The van der Waals surface area contributed by atoms with Gasteiger partial charge >= 0.3 is 6.18 Å². The molecule has 1 aromatic heterocycles. The van der Waals surface area contributed by atoms with Crippen LogP contribution >= 0.6 is 0 Å². The van der Waals surface area contributed by atoms with Gasteiger partial charge in [0.15, 0.2) is 0 Å². The number of furan rings is 1. The summed E-state index contributed by atoms with van der Waals surface area (Å²) in [5.41, 5.74) is -1.41. The minimum atomic E-state index is -4.37. The summed E-state index contributed by atoms with van der Waals surface area (Å²) < 4.78 is 42.5. The zero-order chi connectivity index (χ0) is 17.8. The van der Waals surface area contributed by atoms with Gasteiger partial charge in [-0.1, -0.05) is 12.1 Å². The predicted octanol–water partition coefficient (Wildman–Crippen LogP) is 3.25. The van der Waals surface area contributed by atoms with Gasteiger partial charge in [0.2, 0.25) is 5.91 Å². The molecule has 0 radical (unpaired) electrons. The van der Waals surface area contributed by atoms with Crippen LogP contribution < -0.4 is 5.32 Å². The Hall–Kier alpha value is -2.28. The van der Waals surface area contributed by atoms with Crippen molar-refractivity contribution in [3.63, 3.8) is 0 Å². The lowest BCUT2D eigenvalue weighted by Crippen LogP contribution is -2.38. The van der Waals surface area contributed by atoms with Crippen LogP contribution in [-0.4, -0.2) is 17.6 Å². The first kappa shape index (κ1) is 18.1. The molecule has 4 nitrogen and oxygen atoms in total. The number of benzene rings is 1. The summed E-state index contributed by atoms with van der Waals surface area (Å²) in [7, 11) is 0. The molecule has 0 unspecified atom stereocenters. The number of hydrogen-bond donors (Lipinski definition) is 2. The molecule has 0 aliphatic heterocycles. The summed E-state index contributed by atoms with van der Waals surface area (Å²) in [5, 5.41) is 12.8. The fourth-order valence-corrected chi connectivity index (χ4v) is 2.15. The van der Waals surface area contributed by atoms with E-state index in [2.05, 4.69) is 5.32 Å². The van der Waals surface area contributed by atoms with Gasteiger partial charge in [-0.05, 0) is 43.2 Å². The van der Waals surface area contributed by atoms with Crippen LogP contribution in [0, 0.1) is 0 Å². The topological polar surface area (TPSA) is 62.5 Å². The highest BCUT2D eigenvalue weighted by molar-refractivity contribution is 5.76. The lowest BCUT2D eigenvalue weighted by molar-refractivity contribution is -0.137. The molecule has 24 heavy (non-hydrogen) atoms. The molecule has 0 bridgehead atoms. The zero-order valence-corrected chi connectivity index (χ0v) is 13.1. The molecule has 130 valence electrons. The lowest BCUT2D eigenvalue weighted by atomic mass is 10.0. The summed E-state index contributed by atoms with van der Waals surface area (Å²) in [4.78, 5) is 11.8. The van der Waals surface area contributed by atoms with Gasteiger partial charge in [0.25, 0.3) is 0 Å². The van der Waals surface area contributed by atoms with E-state index in [1.807, 2.05) is 0 Å². The molecule has 1 atom stereocenters. The number of amides is 1. The van der Waals surface area contributed by atoms with E-state index in [9.17, 15) is 23.1 Å². The third-order valence-corrected chi connectivity index (χ3v) is 3.60. The average Bonchev–Trinajstić information content (AvgIpc) is 3.06. The van der Waals surface area contributed by atoms with E-state index < -0.39 is 17.3 Å². The van der Waals surface area contributed by atoms with Crippen molar-refractivity contribution >= 4 is 5.91 Å². The standard InChI is InChI=1S/C17H18F3NO3/c1-16(23,14-3-2-10-24-14)11-21-15(22)9-6-12-4-7-13(8-5-12)17(18,19)20/h2-5,7-8,10,23H,6,9,11H2,1H3,(H,21,22)/t16-/m1/s1. The number of rotatable bonds is 6. The van der Waals surface area contributed by atoms with E-state index >= 15 is 0 Å². The van der Waals surface area contributed by atoms with Crippen molar-refractivity contribution in [3.8, 4) is 0 Å². The Morgan fingerprint density at radius 3 is 2.42 bits per heavy atom. The van der Waals surface area contributed by atoms with E-state index in [1.165, 1.54) is 25.3 Å². The number of carbonyl (C=O) groups is 1. The molecule has 2 rings (SSSR count). The van der Waals surface area contributed by atoms with Crippen molar-refractivity contribution in [2.75, 3.05) is 6.54 Å². The van der Waals surface area contributed by atoms with Crippen LogP contribution in [0.1, 0.15) is 30.2 Å². The molecule has 0 saturated carbocycles. The van der Waals surface area contributed by atoms with Crippen molar-refractivity contribution in [3.05, 3.63) is 59.5 Å². The van der Waals surface area contributed by atoms with E-state index in [1.54, 1.807) is 12.1 Å². The molecular weight excluding hydrogens is 323 g/mol. The number of aliphatic hydroxyl groups is 1. The minimum Gasteiger partial charge on any atom is -0.466 e. The van der Waals surface area contributed by atoms with E-state index in [0.717, 1.165) is 12.1 Å². The third kappa shape index (κ3) is 4.86. The Morgan fingerprint density at radius 1 is 1.21 bits per heavy atom. The average molecular weight is 341 g/mol. The fraction of sp³-hybridized carbons (Fsp3) is 0.353. The van der Waals surface area contributed by atoms with Gasteiger partial charge in [-0.25, -0.2) is 0 Å². The number of alkyl halides is 3. The second-order valence-corrected chi connectivity index (χ2v) is 5.72. The molecule has 2 aromatic rings. The Balaban J connectivity index is 1.81. The van der Waals surface area contributed by atoms with Crippen LogP contribution in [0.3, 0.4) is 0 Å². The van der Waals surface area contributed by atoms with Crippen molar-refractivity contribution in [1.82, 2.24) is 5.32 Å². The highest BCUT2D eigenvalue weighted by atomic mass is 19.4. The van der Waals surface area contributed by atoms with Crippen LogP contribution in [0.25, 0.3) is 0 Å². The quantitative estimate of drug-likeness (QED) is 0.848. The maximum atomic E-state index is 12.5.